The summed E-state index contributed by atoms with van der Waals surface area (Å²) < 4.78 is 20.3. The minimum atomic E-state index is -1.16. The highest BCUT2D eigenvalue weighted by atomic mass is 32.1. The molecular weight excluding hydrogens is 913 g/mol. The summed E-state index contributed by atoms with van der Waals surface area (Å²) in [5, 5.41) is 17.7. The summed E-state index contributed by atoms with van der Waals surface area (Å²) in [7, 11) is 1.68. The Morgan fingerprint density at radius 3 is 2.52 bits per heavy atom. The number of ether oxygens (including phenoxy) is 3. The zero-order valence-corrected chi connectivity index (χ0v) is 42.3. The highest BCUT2D eigenvalue weighted by Crippen LogP contribution is 2.43. The summed E-state index contributed by atoms with van der Waals surface area (Å²) in [6.45, 7) is 11.1. The Morgan fingerprint density at radius 2 is 1.87 bits per heavy atom. The molecule has 3 aromatic heterocycles. The number of methoxy groups -OCH3 is 1. The molecule has 5 heterocycles. The second kappa shape index (κ2) is 24.3. The molecule has 61 heavy (non-hydrogen) atoms. The fourth-order valence-electron chi connectivity index (χ4n) is 7.89. The number of nitrogens with one attached hydrogen (secondary N) is 2. The van der Waals surface area contributed by atoms with Crippen molar-refractivity contribution in [3.05, 3.63) is 58.2 Å². The van der Waals surface area contributed by atoms with Gasteiger partial charge in [-0.15, -0.1) is 11.3 Å². The van der Waals surface area contributed by atoms with E-state index in [0.29, 0.717) is 43.1 Å². The number of hydrazine groups is 1. The molecule has 20 heteroatoms. The molecule has 1 aliphatic carbocycles. The summed E-state index contributed by atoms with van der Waals surface area (Å²) >= 11 is 1.34. The zero-order chi connectivity index (χ0) is 39.0. The van der Waals surface area contributed by atoms with Gasteiger partial charge in [0.25, 0.3) is 5.91 Å². The number of aliphatic hydroxyl groups is 1. The molecule has 342 valence electrons. The van der Waals surface area contributed by atoms with E-state index >= 15 is 0 Å². The number of esters is 1. The highest BCUT2D eigenvalue weighted by molar-refractivity contribution is 7.60. The Labute approximate surface area is 404 Å². The van der Waals surface area contributed by atoms with Crippen LogP contribution in [0, 0.1) is 17.3 Å². The molecule has 2 amide bonds. The molecule has 13 nitrogen and oxygen atoms in total. The molecular formula is C41H64N6O7S7. The van der Waals surface area contributed by atoms with Crippen molar-refractivity contribution in [3.8, 4) is 22.5 Å². The maximum Gasteiger partial charge on any atom is 0.324 e. The van der Waals surface area contributed by atoms with Crippen molar-refractivity contribution in [1.82, 2.24) is 30.3 Å². The molecule has 1 aromatic carbocycles. The van der Waals surface area contributed by atoms with Crippen molar-refractivity contribution >= 4 is 121 Å². The van der Waals surface area contributed by atoms with Crippen LogP contribution in [0.15, 0.2) is 41.9 Å². The second-order valence-electron chi connectivity index (χ2n) is 15.8. The minimum Gasteiger partial charge on any atom is -0.464 e. The van der Waals surface area contributed by atoms with Crippen molar-refractivity contribution in [1.29, 1.82) is 0 Å². The number of aromatic nitrogens is 3. The van der Waals surface area contributed by atoms with E-state index in [9.17, 15) is 19.5 Å². The molecule has 1 saturated carbocycles. The average Bonchev–Trinajstić information content (AvgIpc) is 3.60. The number of aryl methyl sites for hydroxylation is 1. The molecule has 0 spiro atoms. The van der Waals surface area contributed by atoms with Crippen molar-refractivity contribution in [2.75, 3.05) is 33.5 Å². The summed E-state index contributed by atoms with van der Waals surface area (Å²) in [5.41, 5.74) is 9.20. The van der Waals surface area contributed by atoms with Crippen LogP contribution in [0.4, 0.5) is 0 Å². The quantitative estimate of drug-likeness (QED) is 0.169. The van der Waals surface area contributed by atoms with Gasteiger partial charge in [0.05, 0.1) is 43.0 Å². The third-order valence-electron chi connectivity index (χ3n) is 11.1. The normalized spacial score (nSPS) is 22.2. The summed E-state index contributed by atoms with van der Waals surface area (Å²) in [6, 6.07) is 8.44. The lowest BCUT2D eigenvalue weighted by Crippen LogP contribution is -2.61. The predicted octanol–water partition coefficient (Wildman–Crippen LogP) is 6.04. The summed E-state index contributed by atoms with van der Waals surface area (Å²) in [6.07, 6.45) is 2.91. The van der Waals surface area contributed by atoms with Crippen LogP contribution in [0.2, 0.25) is 0 Å². The summed E-state index contributed by atoms with van der Waals surface area (Å²) in [5.74, 6) is -1.11. The smallest absolute Gasteiger partial charge is 0.324 e. The molecule has 3 aliphatic rings. The maximum absolute atomic E-state index is 14.4. The molecule has 7 rings (SSSR count). The minimum absolute atomic E-state index is 0. The molecule has 2 aliphatic heterocycles. The zero-order valence-electron chi connectivity index (χ0n) is 35.5. The molecule has 3 N–H and O–H groups in total. The summed E-state index contributed by atoms with van der Waals surface area (Å²) in [4.78, 5) is 51.5. The Balaban J connectivity index is 0.00000310. The van der Waals surface area contributed by atoms with Gasteiger partial charge < -0.3 is 29.2 Å². The number of nitrogens with zero attached hydrogens (tertiary/aromatic N) is 4. The topological polar surface area (TPSA) is 157 Å². The van der Waals surface area contributed by atoms with Crippen LogP contribution in [0.3, 0.4) is 0 Å². The number of hydrogen-bond acceptors (Lipinski definition) is 11. The van der Waals surface area contributed by atoms with Gasteiger partial charge in [-0.3, -0.25) is 24.4 Å². The molecule has 4 aromatic rings. The highest BCUT2D eigenvalue weighted by Gasteiger charge is 2.45. The van der Waals surface area contributed by atoms with E-state index in [1.807, 2.05) is 31.4 Å². The lowest BCUT2D eigenvalue weighted by molar-refractivity contribution is -0.157. The number of benzene rings is 1. The molecule has 0 radical (unpaired) electrons. The third-order valence-corrected chi connectivity index (χ3v) is 12.0. The molecule has 6 bridgehead atoms. The molecule has 1 saturated heterocycles. The number of aliphatic hydroxyl groups excluding tert-OH is 1. The standard InChI is InChI=1S/C41H52N6O7S.6H2S/c1-7-46-32-13-12-25-19-28(32)29(35(46)26-10-8-14-42-33(26)24(3)52-6)20-41(4,5)22-54-40(51)30-11-9-15-47(45-30)39(50)34(44-37(49)27-18-23(27)2)36(53-17-16-48)38-43-31(25)21-55-38;;;;;;/h8,10,12-14,19,21,23-24,27,30,34,36,45,48H,7,9,11,15-18,20,22H2,1-6H3,(H,44,49);6*1H2/t23-,24-,27-,30-,34-,36-;;;;;;/m0....../s1. The van der Waals surface area contributed by atoms with Crippen LogP contribution in [0.5, 0.6) is 0 Å². The monoisotopic (exact) mass is 976 g/mol. The predicted molar refractivity (Wildman–Crippen MR) is 271 cm³/mol. The van der Waals surface area contributed by atoms with Gasteiger partial charge in [0, 0.05) is 65.1 Å². The average molecular weight is 977 g/mol. The van der Waals surface area contributed by atoms with E-state index in [0.717, 1.165) is 45.4 Å². The van der Waals surface area contributed by atoms with E-state index in [-0.39, 0.29) is 125 Å². The number of carbonyl (C=O) groups excluding carboxylic acids is 3. The molecule has 0 unspecified atom stereocenters. The van der Waals surface area contributed by atoms with Gasteiger partial charge >= 0.3 is 5.97 Å². The van der Waals surface area contributed by atoms with E-state index in [1.165, 1.54) is 16.3 Å². The van der Waals surface area contributed by atoms with Gasteiger partial charge in [0.1, 0.15) is 23.2 Å². The van der Waals surface area contributed by atoms with Gasteiger partial charge in [0.15, 0.2) is 0 Å². The Hall–Kier alpha value is -2.11. The lowest BCUT2D eigenvalue weighted by atomic mass is 9.84. The van der Waals surface area contributed by atoms with Crippen LogP contribution in [0.1, 0.15) is 82.4 Å². The van der Waals surface area contributed by atoms with Crippen molar-refractivity contribution in [2.24, 2.45) is 17.3 Å². The van der Waals surface area contributed by atoms with E-state index in [1.54, 1.807) is 13.3 Å². The lowest BCUT2D eigenvalue weighted by Gasteiger charge is -2.37. The van der Waals surface area contributed by atoms with Crippen molar-refractivity contribution in [2.45, 2.75) is 91.1 Å². The SMILES string of the molecule is CCn1c(-c2cccnc2[C@H](C)OC)c2c3cc(ccc31)-c1csc(n1)[C@@H](OCCO)[C@H](NC(=O)[C@H]1C[C@@H]1C)C(=O)N1CCC[C@H](N1)C(=O)OCC(C)(C)C2.S.S.S.S.S.S. The number of thiazole rings is 1. The number of amides is 2. The van der Waals surface area contributed by atoms with Gasteiger partial charge in [-0.2, -0.15) is 81.0 Å². The number of cyclic esters (lactones) is 1. The van der Waals surface area contributed by atoms with Gasteiger partial charge in [-0.25, -0.2) is 10.4 Å². The Morgan fingerprint density at radius 1 is 1.15 bits per heavy atom. The van der Waals surface area contributed by atoms with E-state index < -0.39 is 35.5 Å². The van der Waals surface area contributed by atoms with Crippen molar-refractivity contribution < 1.29 is 33.7 Å². The van der Waals surface area contributed by atoms with Gasteiger partial charge in [0.2, 0.25) is 5.91 Å². The fraction of sp³-hybridized carbons (Fsp3) is 0.537. The first-order chi connectivity index (χ1) is 26.4. The van der Waals surface area contributed by atoms with Crippen LogP contribution in [-0.4, -0.2) is 88.0 Å². The Bertz CT molecular complexity index is 2090. The Kier molecular flexibility index (Phi) is 22.6. The van der Waals surface area contributed by atoms with Crippen LogP contribution in [0.25, 0.3) is 33.4 Å². The van der Waals surface area contributed by atoms with E-state index in [2.05, 4.69) is 54.3 Å². The second-order valence-corrected chi connectivity index (χ2v) is 16.7. The molecule has 6 atom stereocenters. The van der Waals surface area contributed by atoms with Crippen LogP contribution >= 0.6 is 92.3 Å². The third kappa shape index (κ3) is 12.2. The number of carbonyl (C=O) groups is 3. The first kappa shape index (κ1) is 56.9. The van der Waals surface area contributed by atoms with E-state index in [4.69, 9.17) is 24.2 Å². The van der Waals surface area contributed by atoms with Crippen molar-refractivity contribution in [3.63, 3.8) is 0 Å². The number of fused-ring (bicyclic) bond motifs is 6. The first-order valence-electron chi connectivity index (χ1n) is 19.3. The van der Waals surface area contributed by atoms with Gasteiger partial charge in [-0.1, -0.05) is 26.8 Å². The van der Waals surface area contributed by atoms with Crippen LogP contribution in [-0.2, 0) is 41.6 Å². The first-order valence-corrected chi connectivity index (χ1v) is 20.2. The molecule has 2 fully saturated rings. The number of rotatable bonds is 9. The maximum atomic E-state index is 14.4. The van der Waals surface area contributed by atoms with Gasteiger partial charge in [-0.05, 0) is 75.3 Å². The number of hydrogen-bond donors (Lipinski definition) is 3. The fourth-order valence-corrected chi connectivity index (χ4v) is 8.80. The number of pyridine rings is 1. The largest absolute Gasteiger partial charge is 0.464 e. The van der Waals surface area contributed by atoms with Crippen LogP contribution < -0.4 is 10.7 Å².